The van der Waals surface area contributed by atoms with E-state index in [1.54, 1.807) is 12.1 Å². The van der Waals surface area contributed by atoms with Crippen LogP contribution < -0.4 is 16.0 Å². The highest BCUT2D eigenvalue weighted by atomic mass is 16.1. The predicted octanol–water partition coefficient (Wildman–Crippen LogP) is 4.21. The molecule has 0 aliphatic heterocycles. The number of benzene rings is 2. The molecule has 0 aliphatic rings. The number of nitrogens with zero attached hydrogens (tertiary/aromatic N) is 2. The Kier molecular flexibility index (Phi) is 5.43. The SMILES string of the molecule is CCNc1cc(C)nc(Nc2ccc(NC(=O)c3ccccc3)cc2)n1. The average Bonchev–Trinajstić information content (AvgIpc) is 2.64. The zero-order chi connectivity index (χ0) is 18.4. The molecule has 0 unspecified atom stereocenters. The van der Waals surface area contributed by atoms with Crippen molar-refractivity contribution < 1.29 is 4.79 Å². The van der Waals surface area contributed by atoms with Crippen molar-refractivity contribution >= 4 is 29.0 Å². The molecule has 1 aromatic heterocycles. The molecule has 0 atom stereocenters. The summed E-state index contributed by atoms with van der Waals surface area (Å²) in [7, 11) is 0. The topological polar surface area (TPSA) is 78.9 Å². The number of nitrogens with one attached hydrogen (secondary N) is 3. The number of hydrogen-bond donors (Lipinski definition) is 3. The number of hydrogen-bond acceptors (Lipinski definition) is 5. The summed E-state index contributed by atoms with van der Waals surface area (Å²) in [5, 5.41) is 9.24. The number of rotatable bonds is 6. The summed E-state index contributed by atoms with van der Waals surface area (Å²) in [4.78, 5) is 21.0. The first kappa shape index (κ1) is 17.4. The van der Waals surface area contributed by atoms with Crippen molar-refractivity contribution in [2.24, 2.45) is 0 Å². The lowest BCUT2D eigenvalue weighted by atomic mass is 10.2. The van der Waals surface area contributed by atoms with Gasteiger partial charge in [0.05, 0.1) is 0 Å². The fourth-order valence-electron chi connectivity index (χ4n) is 2.45. The van der Waals surface area contributed by atoms with E-state index in [0.717, 1.165) is 29.4 Å². The molecular weight excluding hydrogens is 326 g/mol. The molecule has 3 aromatic rings. The molecular formula is C20H21N5O. The fraction of sp³-hybridized carbons (Fsp3) is 0.150. The van der Waals surface area contributed by atoms with E-state index in [1.807, 2.05) is 62.4 Å². The molecule has 1 heterocycles. The van der Waals surface area contributed by atoms with Gasteiger partial charge >= 0.3 is 0 Å². The van der Waals surface area contributed by atoms with Gasteiger partial charge in [-0.2, -0.15) is 4.98 Å². The normalized spacial score (nSPS) is 10.2. The van der Waals surface area contributed by atoms with Gasteiger partial charge in [-0.25, -0.2) is 4.98 Å². The molecule has 0 saturated heterocycles. The molecule has 0 fully saturated rings. The average molecular weight is 347 g/mol. The second-order valence-electron chi connectivity index (χ2n) is 5.77. The van der Waals surface area contributed by atoms with Gasteiger partial charge in [0.2, 0.25) is 5.95 Å². The molecule has 132 valence electrons. The van der Waals surface area contributed by atoms with E-state index in [9.17, 15) is 4.79 Å². The Labute approximate surface area is 152 Å². The highest BCUT2D eigenvalue weighted by Gasteiger charge is 2.06. The number of aromatic nitrogens is 2. The lowest BCUT2D eigenvalue weighted by molar-refractivity contribution is 0.102. The summed E-state index contributed by atoms with van der Waals surface area (Å²) in [5.74, 6) is 1.18. The summed E-state index contributed by atoms with van der Waals surface area (Å²) >= 11 is 0. The van der Waals surface area contributed by atoms with Crippen molar-refractivity contribution in [2.45, 2.75) is 13.8 Å². The van der Waals surface area contributed by atoms with E-state index < -0.39 is 0 Å². The molecule has 3 rings (SSSR count). The van der Waals surface area contributed by atoms with E-state index in [0.29, 0.717) is 11.5 Å². The van der Waals surface area contributed by atoms with Gasteiger partial charge in [0.15, 0.2) is 0 Å². The van der Waals surface area contributed by atoms with Crippen molar-refractivity contribution in [3.8, 4) is 0 Å². The van der Waals surface area contributed by atoms with Crippen LogP contribution in [-0.2, 0) is 0 Å². The minimum absolute atomic E-state index is 0.136. The van der Waals surface area contributed by atoms with Gasteiger partial charge in [0, 0.05) is 35.2 Å². The van der Waals surface area contributed by atoms with Crippen molar-refractivity contribution in [1.29, 1.82) is 0 Å². The minimum atomic E-state index is -0.136. The predicted molar refractivity (Wildman–Crippen MR) is 105 cm³/mol. The largest absolute Gasteiger partial charge is 0.370 e. The minimum Gasteiger partial charge on any atom is -0.370 e. The number of anilines is 4. The number of amides is 1. The third-order valence-electron chi connectivity index (χ3n) is 3.65. The van der Waals surface area contributed by atoms with Crippen LogP contribution in [0.5, 0.6) is 0 Å². The summed E-state index contributed by atoms with van der Waals surface area (Å²) < 4.78 is 0. The Morgan fingerprint density at radius 2 is 1.65 bits per heavy atom. The molecule has 0 bridgehead atoms. The maximum Gasteiger partial charge on any atom is 0.255 e. The van der Waals surface area contributed by atoms with Crippen LogP contribution >= 0.6 is 0 Å². The van der Waals surface area contributed by atoms with E-state index >= 15 is 0 Å². The van der Waals surface area contributed by atoms with Crippen LogP contribution in [0.4, 0.5) is 23.1 Å². The standard InChI is InChI=1S/C20H21N5O/c1-3-21-18-13-14(2)22-20(25-18)24-17-11-9-16(10-12-17)23-19(26)15-7-5-4-6-8-15/h4-13H,3H2,1-2H3,(H,23,26)(H2,21,22,24,25). The molecule has 0 spiro atoms. The van der Waals surface area contributed by atoms with Crippen LogP contribution in [0.3, 0.4) is 0 Å². The van der Waals surface area contributed by atoms with Crippen LogP contribution in [0.1, 0.15) is 23.0 Å². The first-order valence-electron chi connectivity index (χ1n) is 8.47. The van der Waals surface area contributed by atoms with Crippen molar-refractivity contribution in [2.75, 3.05) is 22.5 Å². The molecule has 0 radical (unpaired) electrons. The first-order chi connectivity index (χ1) is 12.6. The molecule has 26 heavy (non-hydrogen) atoms. The Morgan fingerprint density at radius 3 is 2.35 bits per heavy atom. The summed E-state index contributed by atoms with van der Waals surface area (Å²) in [6, 6.07) is 18.4. The number of carbonyl (C=O) groups excluding carboxylic acids is 1. The maximum atomic E-state index is 12.2. The van der Waals surface area contributed by atoms with Crippen LogP contribution in [-0.4, -0.2) is 22.4 Å². The van der Waals surface area contributed by atoms with Gasteiger partial charge in [-0.05, 0) is 50.2 Å². The van der Waals surface area contributed by atoms with Gasteiger partial charge in [-0.15, -0.1) is 0 Å². The Morgan fingerprint density at radius 1 is 0.962 bits per heavy atom. The first-order valence-corrected chi connectivity index (χ1v) is 8.47. The zero-order valence-corrected chi connectivity index (χ0v) is 14.8. The highest BCUT2D eigenvalue weighted by molar-refractivity contribution is 6.04. The summed E-state index contributed by atoms with van der Waals surface area (Å²) in [5.41, 5.74) is 3.07. The molecule has 3 N–H and O–H groups in total. The Bertz CT molecular complexity index is 878. The second-order valence-corrected chi connectivity index (χ2v) is 5.77. The number of aryl methyl sites for hydroxylation is 1. The quantitative estimate of drug-likeness (QED) is 0.622. The van der Waals surface area contributed by atoms with Gasteiger partial charge in [-0.3, -0.25) is 4.79 Å². The third-order valence-corrected chi connectivity index (χ3v) is 3.65. The highest BCUT2D eigenvalue weighted by Crippen LogP contribution is 2.19. The van der Waals surface area contributed by atoms with E-state index in [1.165, 1.54) is 0 Å². The smallest absolute Gasteiger partial charge is 0.255 e. The van der Waals surface area contributed by atoms with Gasteiger partial charge in [0.1, 0.15) is 5.82 Å². The van der Waals surface area contributed by atoms with Crippen molar-refractivity contribution in [3.05, 3.63) is 71.9 Å². The molecule has 0 aliphatic carbocycles. The summed E-state index contributed by atoms with van der Waals surface area (Å²) in [6.45, 7) is 4.74. The van der Waals surface area contributed by atoms with Crippen LogP contribution in [0, 0.1) is 6.92 Å². The molecule has 1 amide bonds. The van der Waals surface area contributed by atoms with Crippen molar-refractivity contribution in [1.82, 2.24) is 9.97 Å². The van der Waals surface area contributed by atoms with Crippen LogP contribution in [0.15, 0.2) is 60.7 Å². The summed E-state index contributed by atoms with van der Waals surface area (Å²) in [6.07, 6.45) is 0. The van der Waals surface area contributed by atoms with E-state index in [4.69, 9.17) is 0 Å². The lowest BCUT2D eigenvalue weighted by Crippen LogP contribution is -2.11. The van der Waals surface area contributed by atoms with Crippen LogP contribution in [0.2, 0.25) is 0 Å². The Hall–Kier alpha value is -3.41. The van der Waals surface area contributed by atoms with Gasteiger partial charge < -0.3 is 16.0 Å². The molecule has 6 nitrogen and oxygen atoms in total. The monoisotopic (exact) mass is 347 g/mol. The maximum absolute atomic E-state index is 12.2. The van der Waals surface area contributed by atoms with Crippen LogP contribution in [0.25, 0.3) is 0 Å². The van der Waals surface area contributed by atoms with Gasteiger partial charge in [0.25, 0.3) is 5.91 Å². The van der Waals surface area contributed by atoms with Gasteiger partial charge in [-0.1, -0.05) is 18.2 Å². The number of carbonyl (C=O) groups is 1. The second kappa shape index (κ2) is 8.11. The molecule has 6 heteroatoms. The lowest BCUT2D eigenvalue weighted by Gasteiger charge is -2.10. The molecule has 2 aromatic carbocycles. The zero-order valence-electron chi connectivity index (χ0n) is 14.8. The Balaban J connectivity index is 1.67. The third kappa shape index (κ3) is 4.57. The van der Waals surface area contributed by atoms with E-state index in [2.05, 4.69) is 25.9 Å². The van der Waals surface area contributed by atoms with Crippen molar-refractivity contribution in [3.63, 3.8) is 0 Å². The fourth-order valence-corrected chi connectivity index (χ4v) is 2.45. The molecule has 0 saturated carbocycles. The van der Waals surface area contributed by atoms with E-state index in [-0.39, 0.29) is 5.91 Å².